The molecule has 3 rings (SSSR count). The van der Waals surface area contributed by atoms with Crippen molar-refractivity contribution in [2.75, 3.05) is 5.73 Å². The van der Waals surface area contributed by atoms with E-state index in [0.717, 1.165) is 11.5 Å². The van der Waals surface area contributed by atoms with Gasteiger partial charge in [-0.25, -0.2) is 4.39 Å². The zero-order valence-corrected chi connectivity index (χ0v) is 10.3. The van der Waals surface area contributed by atoms with Crippen LogP contribution in [0.25, 0.3) is 10.9 Å². The molecular formula is C15H10F2N2O. The number of hydrogen-bond donors (Lipinski definition) is 1. The Morgan fingerprint density at radius 1 is 1.05 bits per heavy atom. The topological polar surface area (TPSA) is 48.1 Å². The minimum atomic E-state index is -1.11. The molecule has 2 N–H and O–H groups in total. The highest BCUT2D eigenvalue weighted by atomic mass is 19.2. The van der Waals surface area contributed by atoms with Crippen molar-refractivity contribution >= 4 is 16.6 Å². The van der Waals surface area contributed by atoms with Crippen molar-refractivity contribution in [2.45, 2.75) is 0 Å². The average molecular weight is 272 g/mol. The Balaban J connectivity index is 2.03. The Morgan fingerprint density at radius 3 is 2.75 bits per heavy atom. The molecule has 0 unspecified atom stereocenters. The van der Waals surface area contributed by atoms with Gasteiger partial charge < -0.3 is 10.5 Å². The number of nitrogen functional groups attached to an aromatic ring is 1. The normalized spacial score (nSPS) is 10.7. The molecule has 0 saturated heterocycles. The number of nitrogens with zero attached hydrogens (tertiary/aromatic N) is 1. The van der Waals surface area contributed by atoms with Crippen LogP contribution in [-0.2, 0) is 0 Å². The number of fused-ring (bicyclic) bond motifs is 1. The molecule has 0 spiro atoms. The number of anilines is 1. The number of rotatable bonds is 2. The van der Waals surface area contributed by atoms with Crippen molar-refractivity contribution in [3.63, 3.8) is 0 Å². The van der Waals surface area contributed by atoms with E-state index in [1.807, 2.05) is 12.1 Å². The summed E-state index contributed by atoms with van der Waals surface area (Å²) in [6.07, 6.45) is 1.64. The second-order valence-corrected chi connectivity index (χ2v) is 4.24. The lowest BCUT2D eigenvalue weighted by Gasteiger charge is -2.10. The van der Waals surface area contributed by atoms with E-state index in [9.17, 15) is 8.78 Å². The first-order chi connectivity index (χ1) is 9.65. The Bertz CT molecular complexity index is 790. The van der Waals surface area contributed by atoms with Gasteiger partial charge in [-0.3, -0.25) is 4.98 Å². The van der Waals surface area contributed by atoms with Gasteiger partial charge in [-0.05, 0) is 30.3 Å². The zero-order valence-electron chi connectivity index (χ0n) is 10.3. The van der Waals surface area contributed by atoms with Gasteiger partial charge in [0.25, 0.3) is 0 Å². The molecule has 0 radical (unpaired) electrons. The molecule has 20 heavy (non-hydrogen) atoms. The van der Waals surface area contributed by atoms with Crippen LogP contribution in [0.5, 0.6) is 11.5 Å². The van der Waals surface area contributed by atoms with Gasteiger partial charge in [-0.15, -0.1) is 0 Å². The van der Waals surface area contributed by atoms with Crippen LogP contribution < -0.4 is 10.5 Å². The zero-order chi connectivity index (χ0) is 14.1. The van der Waals surface area contributed by atoms with E-state index in [-0.39, 0.29) is 11.4 Å². The van der Waals surface area contributed by atoms with Gasteiger partial charge in [0.2, 0.25) is 5.82 Å². The summed E-state index contributed by atoms with van der Waals surface area (Å²) in [5.74, 6) is -2.09. The number of nitrogens with two attached hydrogens (primary N) is 1. The summed E-state index contributed by atoms with van der Waals surface area (Å²) in [4.78, 5) is 4.17. The largest absolute Gasteiger partial charge is 0.452 e. The van der Waals surface area contributed by atoms with E-state index >= 15 is 0 Å². The SMILES string of the molecule is Nc1ccc(F)c(F)c1Oc1ccc2cccnc2c1. The summed E-state index contributed by atoms with van der Waals surface area (Å²) in [5.41, 5.74) is 6.33. The van der Waals surface area contributed by atoms with Crippen LogP contribution in [-0.4, -0.2) is 4.98 Å². The first-order valence-corrected chi connectivity index (χ1v) is 5.91. The van der Waals surface area contributed by atoms with Crippen LogP contribution in [0.3, 0.4) is 0 Å². The first kappa shape index (κ1) is 12.3. The van der Waals surface area contributed by atoms with E-state index in [1.165, 1.54) is 6.07 Å². The van der Waals surface area contributed by atoms with Gasteiger partial charge in [0.1, 0.15) is 5.75 Å². The second-order valence-electron chi connectivity index (χ2n) is 4.24. The predicted octanol–water partition coefficient (Wildman–Crippen LogP) is 3.89. The predicted molar refractivity (Wildman–Crippen MR) is 72.6 cm³/mol. The third-order valence-electron chi connectivity index (χ3n) is 2.88. The molecule has 0 atom stereocenters. The standard InChI is InChI=1S/C15H10F2N2O/c16-11-5-6-12(18)15(14(11)17)20-10-4-3-9-2-1-7-19-13(9)8-10/h1-8H,18H2. The van der Waals surface area contributed by atoms with Crippen molar-refractivity contribution in [3.8, 4) is 11.5 Å². The van der Waals surface area contributed by atoms with Crippen molar-refractivity contribution in [3.05, 3.63) is 60.3 Å². The Kier molecular flexibility index (Phi) is 2.95. The summed E-state index contributed by atoms with van der Waals surface area (Å²) >= 11 is 0. The van der Waals surface area contributed by atoms with E-state index in [0.29, 0.717) is 11.3 Å². The highest BCUT2D eigenvalue weighted by molar-refractivity contribution is 5.79. The van der Waals surface area contributed by atoms with Crippen LogP contribution in [0, 0.1) is 11.6 Å². The summed E-state index contributed by atoms with van der Waals surface area (Å²) in [5, 5.41) is 0.924. The molecule has 0 amide bonds. The maximum atomic E-state index is 13.7. The van der Waals surface area contributed by atoms with E-state index in [1.54, 1.807) is 24.4 Å². The molecule has 5 heteroatoms. The van der Waals surface area contributed by atoms with Crippen molar-refractivity contribution < 1.29 is 13.5 Å². The van der Waals surface area contributed by atoms with Gasteiger partial charge in [0.15, 0.2) is 11.6 Å². The average Bonchev–Trinajstić information content (AvgIpc) is 2.47. The second kappa shape index (κ2) is 4.77. The molecule has 0 aliphatic rings. The summed E-state index contributed by atoms with van der Waals surface area (Å²) < 4.78 is 32.2. The van der Waals surface area contributed by atoms with E-state index in [4.69, 9.17) is 10.5 Å². The van der Waals surface area contributed by atoms with Crippen molar-refractivity contribution in [2.24, 2.45) is 0 Å². The molecule has 1 aromatic heterocycles. The fourth-order valence-electron chi connectivity index (χ4n) is 1.88. The highest BCUT2D eigenvalue weighted by Crippen LogP contribution is 2.32. The smallest absolute Gasteiger partial charge is 0.203 e. The van der Waals surface area contributed by atoms with Gasteiger partial charge >= 0.3 is 0 Å². The monoisotopic (exact) mass is 272 g/mol. The Morgan fingerprint density at radius 2 is 1.90 bits per heavy atom. The molecule has 0 aliphatic carbocycles. The van der Waals surface area contributed by atoms with Gasteiger partial charge in [-0.1, -0.05) is 6.07 Å². The lowest BCUT2D eigenvalue weighted by Crippen LogP contribution is -1.97. The number of benzene rings is 2. The fourth-order valence-corrected chi connectivity index (χ4v) is 1.88. The number of pyridine rings is 1. The fraction of sp³-hybridized carbons (Fsp3) is 0. The summed E-state index contributed by atoms with van der Waals surface area (Å²) in [6, 6.07) is 11.0. The maximum Gasteiger partial charge on any atom is 0.203 e. The molecule has 0 aliphatic heterocycles. The van der Waals surface area contributed by atoms with Gasteiger partial charge in [0, 0.05) is 17.6 Å². The molecule has 2 aromatic carbocycles. The number of halogens is 2. The van der Waals surface area contributed by atoms with Crippen LogP contribution in [0.1, 0.15) is 0 Å². The Hall–Kier alpha value is -2.69. The lowest BCUT2D eigenvalue weighted by molar-refractivity contribution is 0.418. The summed E-state index contributed by atoms with van der Waals surface area (Å²) in [6.45, 7) is 0. The highest BCUT2D eigenvalue weighted by Gasteiger charge is 2.14. The van der Waals surface area contributed by atoms with Gasteiger partial charge in [0.05, 0.1) is 11.2 Å². The molecule has 0 saturated carbocycles. The van der Waals surface area contributed by atoms with Gasteiger partial charge in [-0.2, -0.15) is 4.39 Å². The van der Waals surface area contributed by atoms with Crippen LogP contribution >= 0.6 is 0 Å². The minimum absolute atomic E-state index is 0.0324. The number of hydrogen-bond acceptors (Lipinski definition) is 3. The van der Waals surface area contributed by atoms with E-state index < -0.39 is 11.6 Å². The minimum Gasteiger partial charge on any atom is -0.452 e. The van der Waals surface area contributed by atoms with Crippen LogP contribution in [0.15, 0.2) is 48.7 Å². The third-order valence-corrected chi connectivity index (χ3v) is 2.88. The molecule has 3 aromatic rings. The third kappa shape index (κ3) is 2.14. The van der Waals surface area contributed by atoms with Crippen molar-refractivity contribution in [1.29, 1.82) is 0 Å². The van der Waals surface area contributed by atoms with Crippen LogP contribution in [0.2, 0.25) is 0 Å². The first-order valence-electron chi connectivity index (χ1n) is 5.91. The molecule has 100 valence electrons. The maximum absolute atomic E-state index is 13.7. The number of aromatic nitrogens is 1. The molecular weight excluding hydrogens is 262 g/mol. The Labute approximate surface area is 113 Å². The van der Waals surface area contributed by atoms with E-state index in [2.05, 4.69) is 4.98 Å². The van der Waals surface area contributed by atoms with Crippen molar-refractivity contribution in [1.82, 2.24) is 4.98 Å². The molecule has 0 bridgehead atoms. The number of ether oxygens (including phenoxy) is 1. The van der Waals surface area contributed by atoms with Crippen LogP contribution in [0.4, 0.5) is 14.5 Å². The summed E-state index contributed by atoms with van der Waals surface area (Å²) in [7, 11) is 0. The lowest BCUT2D eigenvalue weighted by atomic mass is 10.2. The molecule has 1 heterocycles. The quantitative estimate of drug-likeness (QED) is 0.720. The molecule has 3 nitrogen and oxygen atoms in total. The molecule has 0 fully saturated rings.